The molecule has 31 heavy (non-hydrogen) atoms. The monoisotopic (exact) mass is 436 g/mol. The van der Waals surface area contributed by atoms with Crippen LogP contribution in [-0.4, -0.2) is 39.8 Å². The Balaban J connectivity index is 1.19. The fourth-order valence-corrected chi connectivity index (χ4v) is 5.43. The highest BCUT2D eigenvalue weighted by molar-refractivity contribution is 7.14. The molecule has 0 radical (unpaired) electrons. The largest absolute Gasteiger partial charge is 0.349 e. The van der Waals surface area contributed by atoms with E-state index in [2.05, 4.69) is 15.3 Å². The van der Waals surface area contributed by atoms with Crippen molar-refractivity contribution in [1.82, 2.24) is 20.2 Å². The van der Waals surface area contributed by atoms with Crippen LogP contribution < -0.4 is 5.32 Å². The predicted octanol–water partition coefficient (Wildman–Crippen LogP) is 4.62. The number of aromatic nitrogens is 2. The Hall–Kier alpha value is -2.67. The Morgan fingerprint density at radius 1 is 1.13 bits per heavy atom. The molecule has 0 spiro atoms. The van der Waals surface area contributed by atoms with Gasteiger partial charge in [0.1, 0.15) is 5.82 Å². The minimum Gasteiger partial charge on any atom is -0.349 e. The molecule has 5 rings (SSSR count). The number of fused-ring (bicyclic) bond motifs is 1. The Morgan fingerprint density at radius 2 is 1.90 bits per heavy atom. The number of aromatic amines is 1. The molecule has 2 fully saturated rings. The van der Waals surface area contributed by atoms with E-state index in [1.165, 1.54) is 24.2 Å². The van der Waals surface area contributed by atoms with Gasteiger partial charge in [0.25, 0.3) is 5.91 Å². The maximum absolute atomic E-state index is 12.8. The normalized spacial score (nSPS) is 22.2. The van der Waals surface area contributed by atoms with Gasteiger partial charge in [-0.05, 0) is 50.5 Å². The average Bonchev–Trinajstić information content (AvgIpc) is 3.34. The number of carbonyl (C=O) groups excluding carboxylic acids is 2. The minimum absolute atomic E-state index is 0.0406. The number of amides is 2. The molecular formula is C24H28N4O2S. The molecule has 1 aliphatic carbocycles. The van der Waals surface area contributed by atoms with E-state index in [9.17, 15) is 9.59 Å². The third-order valence-corrected chi connectivity index (χ3v) is 7.66. The van der Waals surface area contributed by atoms with Crippen molar-refractivity contribution in [2.45, 2.75) is 51.0 Å². The van der Waals surface area contributed by atoms with Gasteiger partial charge < -0.3 is 15.2 Å². The molecule has 1 aromatic carbocycles. The number of hydrogen-bond acceptors (Lipinski definition) is 4. The quantitative estimate of drug-likeness (QED) is 0.612. The number of imidazole rings is 1. The molecule has 162 valence electrons. The lowest BCUT2D eigenvalue weighted by Gasteiger charge is -2.19. The number of carbonyl (C=O) groups is 2. The van der Waals surface area contributed by atoms with Gasteiger partial charge in [-0.1, -0.05) is 25.0 Å². The third kappa shape index (κ3) is 4.24. The molecule has 3 atom stereocenters. The summed E-state index contributed by atoms with van der Waals surface area (Å²) in [5.41, 5.74) is 1.95. The summed E-state index contributed by atoms with van der Waals surface area (Å²) in [6, 6.07) is 11.7. The lowest BCUT2D eigenvalue weighted by atomic mass is 10.2. The molecular weight excluding hydrogens is 408 g/mol. The number of rotatable bonds is 5. The zero-order valence-corrected chi connectivity index (χ0v) is 18.6. The second-order valence-electron chi connectivity index (χ2n) is 8.73. The first-order valence-corrected chi connectivity index (χ1v) is 12.1. The molecule has 3 aromatic rings. The van der Waals surface area contributed by atoms with Crippen molar-refractivity contribution in [3.63, 3.8) is 0 Å². The summed E-state index contributed by atoms with van der Waals surface area (Å²) in [6.07, 6.45) is 5.41. The van der Waals surface area contributed by atoms with E-state index in [4.69, 9.17) is 0 Å². The first-order chi connectivity index (χ1) is 15.1. The van der Waals surface area contributed by atoms with E-state index in [1.807, 2.05) is 48.2 Å². The molecule has 1 aliphatic heterocycles. The highest BCUT2D eigenvalue weighted by Gasteiger charge is 2.46. The van der Waals surface area contributed by atoms with Crippen LogP contribution in [0.25, 0.3) is 11.0 Å². The van der Waals surface area contributed by atoms with Gasteiger partial charge in [0.2, 0.25) is 5.91 Å². The number of nitrogens with zero attached hydrogens (tertiary/aromatic N) is 2. The Morgan fingerprint density at radius 3 is 2.68 bits per heavy atom. The number of likely N-dealkylation sites (tertiary alicyclic amines) is 1. The van der Waals surface area contributed by atoms with E-state index in [1.54, 1.807) is 0 Å². The zero-order chi connectivity index (χ0) is 21.4. The van der Waals surface area contributed by atoms with Crippen LogP contribution in [-0.2, 0) is 4.79 Å². The summed E-state index contributed by atoms with van der Waals surface area (Å²) in [5.74, 6) is 1.20. The van der Waals surface area contributed by atoms with Crippen LogP contribution in [0.4, 0.5) is 0 Å². The maximum atomic E-state index is 12.8. The highest BCUT2D eigenvalue weighted by atomic mass is 32.1. The molecule has 2 amide bonds. The van der Waals surface area contributed by atoms with Crippen LogP contribution in [0.3, 0.4) is 0 Å². The van der Waals surface area contributed by atoms with Crippen LogP contribution in [0.5, 0.6) is 0 Å². The van der Waals surface area contributed by atoms with E-state index in [0.717, 1.165) is 59.0 Å². The van der Waals surface area contributed by atoms with Gasteiger partial charge in [-0.2, -0.15) is 0 Å². The topological polar surface area (TPSA) is 78.1 Å². The molecule has 7 heteroatoms. The summed E-state index contributed by atoms with van der Waals surface area (Å²) >= 11 is 1.50. The number of H-pyrrole nitrogens is 1. The van der Waals surface area contributed by atoms with Crippen molar-refractivity contribution in [3.05, 3.63) is 52.0 Å². The standard InChI is InChI=1S/C24H28N4O2S/c1-15(20-10-11-21(31-20)24(30)28-12-6-2-3-7-13-28)25-23(29)17-14-16(17)22-26-18-8-4-5-9-19(18)27-22/h4-5,8-11,15-17H,2-3,6-7,12-14H2,1H3,(H,25,29)(H,26,27)/t15?,16-,17-/m1/s1. The molecule has 3 heterocycles. The van der Waals surface area contributed by atoms with Crippen molar-refractivity contribution >= 4 is 34.2 Å². The smallest absolute Gasteiger partial charge is 0.263 e. The summed E-state index contributed by atoms with van der Waals surface area (Å²) in [4.78, 5) is 37.4. The van der Waals surface area contributed by atoms with Crippen LogP contribution in [0, 0.1) is 5.92 Å². The second kappa shape index (κ2) is 8.46. The second-order valence-corrected chi connectivity index (χ2v) is 9.84. The fourth-order valence-electron chi connectivity index (χ4n) is 4.46. The lowest BCUT2D eigenvalue weighted by Crippen LogP contribution is -2.31. The first-order valence-electron chi connectivity index (χ1n) is 11.2. The molecule has 1 saturated heterocycles. The molecule has 2 aliphatic rings. The van der Waals surface area contributed by atoms with Crippen LogP contribution in [0.2, 0.25) is 0 Å². The number of hydrogen-bond donors (Lipinski definition) is 2. The summed E-state index contributed by atoms with van der Waals surface area (Å²) in [5, 5.41) is 3.14. The van der Waals surface area contributed by atoms with Crippen molar-refractivity contribution in [2.75, 3.05) is 13.1 Å². The molecule has 2 N–H and O–H groups in total. The van der Waals surface area contributed by atoms with Gasteiger partial charge in [0, 0.05) is 29.8 Å². The van der Waals surface area contributed by atoms with Gasteiger partial charge in [0.15, 0.2) is 0 Å². The molecule has 1 unspecified atom stereocenters. The summed E-state index contributed by atoms with van der Waals surface area (Å²) < 4.78 is 0. The molecule has 2 aromatic heterocycles. The first kappa shape index (κ1) is 20.2. The SMILES string of the molecule is CC(NC(=O)[C@@H]1C[C@H]1c1nc2ccccc2[nH]1)c1ccc(C(=O)N2CCCCCC2)s1. The van der Waals surface area contributed by atoms with E-state index in [0.29, 0.717) is 0 Å². The van der Waals surface area contributed by atoms with Crippen LogP contribution in [0.1, 0.15) is 71.4 Å². The van der Waals surface area contributed by atoms with Crippen molar-refractivity contribution in [3.8, 4) is 0 Å². The Kier molecular flexibility index (Phi) is 5.52. The van der Waals surface area contributed by atoms with Crippen molar-refractivity contribution in [2.24, 2.45) is 5.92 Å². The van der Waals surface area contributed by atoms with Crippen molar-refractivity contribution < 1.29 is 9.59 Å². The average molecular weight is 437 g/mol. The van der Waals surface area contributed by atoms with Gasteiger partial charge in [-0.15, -0.1) is 11.3 Å². The Labute approximate surface area is 186 Å². The van der Waals surface area contributed by atoms with Gasteiger partial charge in [-0.25, -0.2) is 4.98 Å². The number of benzene rings is 1. The van der Waals surface area contributed by atoms with Gasteiger partial charge >= 0.3 is 0 Å². The number of thiophene rings is 1. The lowest BCUT2D eigenvalue weighted by molar-refractivity contribution is -0.123. The molecule has 1 saturated carbocycles. The van der Waals surface area contributed by atoms with E-state index < -0.39 is 0 Å². The Bertz CT molecular complexity index is 1060. The molecule has 6 nitrogen and oxygen atoms in total. The van der Waals surface area contributed by atoms with Crippen LogP contribution >= 0.6 is 11.3 Å². The third-order valence-electron chi connectivity index (χ3n) is 6.40. The maximum Gasteiger partial charge on any atom is 0.263 e. The van der Waals surface area contributed by atoms with E-state index in [-0.39, 0.29) is 29.7 Å². The fraction of sp³-hybridized carbons (Fsp3) is 0.458. The summed E-state index contributed by atoms with van der Waals surface area (Å²) in [6.45, 7) is 3.69. The minimum atomic E-state index is -0.111. The molecule has 0 bridgehead atoms. The number of nitrogens with one attached hydrogen (secondary N) is 2. The highest BCUT2D eigenvalue weighted by Crippen LogP contribution is 2.47. The van der Waals surface area contributed by atoms with E-state index >= 15 is 0 Å². The van der Waals surface area contributed by atoms with Gasteiger partial charge in [0.05, 0.1) is 22.0 Å². The summed E-state index contributed by atoms with van der Waals surface area (Å²) in [7, 11) is 0. The van der Waals surface area contributed by atoms with Gasteiger partial charge in [-0.3, -0.25) is 9.59 Å². The van der Waals surface area contributed by atoms with Crippen LogP contribution in [0.15, 0.2) is 36.4 Å². The predicted molar refractivity (Wildman–Crippen MR) is 122 cm³/mol. The number of para-hydroxylation sites is 2. The zero-order valence-electron chi connectivity index (χ0n) is 17.8. The van der Waals surface area contributed by atoms with Crippen molar-refractivity contribution in [1.29, 1.82) is 0 Å².